The Labute approximate surface area is 322 Å². The molecule has 9 heteroatoms. The maximum absolute atomic E-state index is 13.8. The predicted octanol–water partition coefficient (Wildman–Crippen LogP) is 10.6. The van der Waals surface area contributed by atoms with E-state index >= 15 is 0 Å². The van der Waals surface area contributed by atoms with Gasteiger partial charge < -0.3 is 0 Å². The zero-order valence-electron chi connectivity index (χ0n) is 31.0. The van der Waals surface area contributed by atoms with E-state index in [4.69, 9.17) is 9.98 Å². The highest BCUT2D eigenvalue weighted by Gasteiger charge is 2.55. The second-order valence-electron chi connectivity index (χ2n) is 18.8. The van der Waals surface area contributed by atoms with Crippen molar-refractivity contribution in [2.45, 2.75) is 110 Å². The van der Waals surface area contributed by atoms with Crippen LogP contribution in [0.15, 0.2) is 33.4 Å². The Morgan fingerprint density at radius 2 is 1.08 bits per heavy atom. The van der Waals surface area contributed by atoms with E-state index < -0.39 is 5.41 Å². The molecule has 0 aromatic carbocycles. The second kappa shape index (κ2) is 11.3. The number of hydrogen-bond acceptors (Lipinski definition) is 9. The Morgan fingerprint density at radius 3 is 1.58 bits per heavy atom. The topological polar surface area (TPSA) is 93.0 Å². The molecule has 0 N–H and O–H groups in total. The van der Waals surface area contributed by atoms with Crippen LogP contribution in [0.5, 0.6) is 0 Å². The molecule has 11 rings (SSSR count). The molecule has 6 fully saturated rings. The Hall–Kier alpha value is -2.88. The summed E-state index contributed by atoms with van der Waals surface area (Å²) in [7, 11) is 0. The third-order valence-corrected chi connectivity index (χ3v) is 19.2. The standard InChI is InChI=1S/C44H46N2O4S3/c1-43(2)27-17-29(45-33-35(47)23-13-19-9-5-6-10-20(19)14-24(23)36(33)48)44(3,4)31(27)40-32(43)41-42(53-40)39-28(51-41)18-30(52-39)46-34-37(49)25-15-21-11-7-8-12-22(21)16-26(25)38(34)50/h17-26H,5-16H2,1-4H3. The van der Waals surface area contributed by atoms with E-state index in [1.165, 1.54) is 87.1 Å². The lowest BCUT2D eigenvalue weighted by atomic mass is 9.64. The quantitative estimate of drug-likeness (QED) is 0.260. The van der Waals surface area contributed by atoms with Gasteiger partial charge in [0.2, 0.25) is 0 Å². The molecule has 3 aromatic heterocycles. The molecule has 8 atom stereocenters. The number of aliphatic imine (C=N–C) groups is 2. The maximum atomic E-state index is 13.8. The molecule has 274 valence electrons. The summed E-state index contributed by atoms with van der Waals surface area (Å²) in [5, 5.41) is 0.750. The van der Waals surface area contributed by atoms with Crippen LogP contribution < -0.4 is 0 Å². The van der Waals surface area contributed by atoms with Gasteiger partial charge in [0.1, 0.15) is 10.7 Å². The third-order valence-electron chi connectivity index (χ3n) is 15.4. The van der Waals surface area contributed by atoms with Crippen molar-refractivity contribution < 1.29 is 19.2 Å². The molecule has 8 aliphatic rings. The molecule has 0 spiro atoms. The molecule has 0 radical (unpaired) electrons. The van der Waals surface area contributed by atoms with Crippen molar-refractivity contribution in [3.63, 3.8) is 0 Å². The van der Waals surface area contributed by atoms with E-state index in [-0.39, 0.29) is 63.6 Å². The first-order valence-corrected chi connectivity index (χ1v) is 22.7. The number of thiophene rings is 3. The molecule has 3 aromatic rings. The first kappa shape index (κ1) is 33.5. The highest BCUT2D eigenvalue weighted by atomic mass is 32.1. The van der Waals surface area contributed by atoms with Gasteiger partial charge in [-0.05, 0) is 78.2 Å². The van der Waals surface area contributed by atoms with Gasteiger partial charge in [-0.15, -0.1) is 34.0 Å². The smallest absolute Gasteiger partial charge is 0.188 e. The molecule has 8 unspecified atom stereocenters. The molecule has 3 heterocycles. The van der Waals surface area contributed by atoms with Crippen LogP contribution in [0.4, 0.5) is 5.00 Å². The van der Waals surface area contributed by atoms with Crippen LogP contribution in [0.25, 0.3) is 24.4 Å². The van der Waals surface area contributed by atoms with Crippen molar-refractivity contribution >= 4 is 97.9 Å². The lowest BCUT2D eigenvalue weighted by Gasteiger charge is -2.39. The zero-order valence-corrected chi connectivity index (χ0v) is 33.5. The molecule has 6 saturated carbocycles. The lowest BCUT2D eigenvalue weighted by molar-refractivity contribution is -0.123. The van der Waals surface area contributed by atoms with Crippen LogP contribution in [0.1, 0.15) is 115 Å². The van der Waals surface area contributed by atoms with Gasteiger partial charge in [-0.3, -0.25) is 19.2 Å². The summed E-state index contributed by atoms with van der Waals surface area (Å²) in [5.74, 6) is 1.58. The summed E-state index contributed by atoms with van der Waals surface area (Å²) in [6.45, 7) is 8.99. The zero-order chi connectivity index (χ0) is 36.3. The number of fused-ring (bicyclic) bond motifs is 10. The van der Waals surface area contributed by atoms with Gasteiger partial charge >= 0.3 is 0 Å². The van der Waals surface area contributed by atoms with Crippen molar-refractivity contribution in [1.29, 1.82) is 0 Å². The van der Waals surface area contributed by atoms with E-state index in [9.17, 15) is 19.2 Å². The molecule has 0 amide bonds. The first-order valence-electron chi connectivity index (χ1n) is 20.2. The summed E-state index contributed by atoms with van der Waals surface area (Å²) >= 11 is 5.22. The summed E-state index contributed by atoms with van der Waals surface area (Å²) < 4.78 is 4.88. The van der Waals surface area contributed by atoms with Crippen molar-refractivity contribution in [1.82, 2.24) is 0 Å². The molecular weight excluding hydrogens is 717 g/mol. The van der Waals surface area contributed by atoms with E-state index in [0.717, 1.165) is 41.1 Å². The fourth-order valence-electron chi connectivity index (χ4n) is 12.6. The van der Waals surface area contributed by atoms with Crippen LogP contribution in [0.3, 0.4) is 0 Å². The lowest BCUT2D eigenvalue weighted by Crippen LogP contribution is -2.35. The van der Waals surface area contributed by atoms with Gasteiger partial charge in [0, 0.05) is 44.1 Å². The Bertz CT molecular complexity index is 2290. The number of Topliss-reactive ketones (excluding diaryl/α,β-unsaturated/α-hetero) is 4. The predicted molar refractivity (Wildman–Crippen MR) is 215 cm³/mol. The van der Waals surface area contributed by atoms with Crippen LogP contribution in [0.2, 0.25) is 0 Å². The Kier molecular flexibility index (Phi) is 7.16. The monoisotopic (exact) mass is 762 g/mol. The highest BCUT2D eigenvalue weighted by molar-refractivity contribution is 7.40. The molecule has 0 bridgehead atoms. The van der Waals surface area contributed by atoms with Gasteiger partial charge in [0.05, 0.1) is 19.8 Å². The fraction of sp³-hybridized carbons (Fsp3) is 0.591. The fourth-order valence-corrected chi connectivity index (χ4v) is 17.2. The number of ketones is 4. The van der Waals surface area contributed by atoms with Crippen LogP contribution >= 0.6 is 34.0 Å². The van der Waals surface area contributed by atoms with Crippen molar-refractivity contribution in [2.75, 3.05) is 0 Å². The Balaban J connectivity index is 0.908. The van der Waals surface area contributed by atoms with Crippen molar-refractivity contribution in [2.24, 2.45) is 62.7 Å². The summed E-state index contributed by atoms with van der Waals surface area (Å²) in [4.78, 5) is 66.0. The molecule has 6 nitrogen and oxygen atoms in total. The average Bonchev–Trinajstić information content (AvgIpc) is 3.96. The van der Waals surface area contributed by atoms with Gasteiger partial charge in [-0.2, -0.15) is 0 Å². The number of carbonyl (C=O) groups excluding carboxylic acids is 4. The van der Waals surface area contributed by atoms with Gasteiger partial charge in [-0.1, -0.05) is 79.1 Å². The minimum atomic E-state index is -0.455. The minimum Gasteiger partial charge on any atom is -0.292 e. The van der Waals surface area contributed by atoms with E-state index in [1.54, 1.807) is 22.7 Å². The average molecular weight is 763 g/mol. The van der Waals surface area contributed by atoms with Crippen molar-refractivity contribution in [3.8, 4) is 0 Å². The number of nitrogens with zero attached hydrogens (tertiary/aromatic N) is 2. The largest absolute Gasteiger partial charge is 0.292 e. The number of carbonyl (C=O) groups is 4. The SMILES string of the molecule is CC1(C)C(N=C2C(=O)C3CC4CCCCC4CC3C2=O)=CC2=C1c1sc3c(sc4cc(N=C5C(=O)C6CC7CCCCC7CC6C5=O)sc43)c1C2(C)C. The third kappa shape index (κ3) is 4.53. The molecule has 53 heavy (non-hydrogen) atoms. The van der Waals surface area contributed by atoms with E-state index in [1.807, 2.05) is 11.3 Å². The number of rotatable bonds is 2. The van der Waals surface area contributed by atoms with Crippen LogP contribution in [-0.2, 0) is 24.6 Å². The summed E-state index contributed by atoms with van der Waals surface area (Å²) in [5.41, 5.74) is 4.37. The van der Waals surface area contributed by atoms with Gasteiger partial charge in [0.25, 0.3) is 0 Å². The normalized spacial score (nSPS) is 35.4. The second-order valence-corrected chi connectivity index (χ2v) is 21.9. The molecule has 0 saturated heterocycles. The van der Waals surface area contributed by atoms with E-state index in [2.05, 4.69) is 39.8 Å². The maximum Gasteiger partial charge on any atom is 0.188 e. The first-order chi connectivity index (χ1) is 25.4. The summed E-state index contributed by atoms with van der Waals surface area (Å²) in [6.07, 6.45) is 15.4. The Morgan fingerprint density at radius 1 is 0.585 bits per heavy atom. The molecule has 0 aliphatic heterocycles. The van der Waals surface area contributed by atoms with Crippen LogP contribution in [0, 0.1) is 52.8 Å². The summed E-state index contributed by atoms with van der Waals surface area (Å²) in [6, 6.07) is 2.09. The minimum absolute atomic E-state index is 0.0124. The van der Waals surface area contributed by atoms with Crippen molar-refractivity contribution in [3.05, 3.63) is 33.9 Å². The number of hydrogen-bond donors (Lipinski definition) is 0. The van der Waals surface area contributed by atoms with Gasteiger partial charge in [0.15, 0.2) is 28.8 Å². The van der Waals surface area contributed by atoms with E-state index in [0.29, 0.717) is 23.7 Å². The highest BCUT2D eigenvalue weighted by Crippen LogP contribution is 2.65. The number of allylic oxidation sites excluding steroid dienone is 3. The molecule has 8 aliphatic carbocycles. The van der Waals surface area contributed by atoms with Gasteiger partial charge in [-0.25, -0.2) is 9.98 Å². The molecular formula is C44H46N2O4S3. The van der Waals surface area contributed by atoms with Crippen LogP contribution in [-0.4, -0.2) is 34.6 Å².